The summed E-state index contributed by atoms with van der Waals surface area (Å²) in [6.45, 7) is 5.03. The van der Waals surface area contributed by atoms with Crippen LogP contribution in [0.3, 0.4) is 0 Å². The second kappa shape index (κ2) is 6.85. The fraction of sp³-hybridized carbons (Fsp3) is 0.562. The van der Waals surface area contributed by atoms with Crippen LogP contribution in [0.1, 0.15) is 58.8 Å². The number of esters is 2. The van der Waals surface area contributed by atoms with Crippen LogP contribution in [0.2, 0.25) is 0 Å². The maximum atomic E-state index is 12.3. The van der Waals surface area contributed by atoms with Crippen molar-refractivity contribution in [3.8, 4) is 0 Å². The first-order valence-electron chi connectivity index (χ1n) is 7.70. The van der Waals surface area contributed by atoms with Crippen molar-refractivity contribution in [1.29, 1.82) is 0 Å². The van der Waals surface area contributed by atoms with Crippen LogP contribution in [0.5, 0.6) is 0 Å². The number of aromatic nitrogens is 1. The smallest absolute Gasteiger partial charge is 0.355 e. The van der Waals surface area contributed by atoms with Crippen LogP contribution in [0.25, 0.3) is 0 Å². The third kappa shape index (κ3) is 3.72. The second-order valence-electron chi connectivity index (χ2n) is 5.65. The van der Waals surface area contributed by atoms with Crippen molar-refractivity contribution in [2.45, 2.75) is 52.2 Å². The van der Waals surface area contributed by atoms with Gasteiger partial charge in [0.05, 0.1) is 12.7 Å². The van der Waals surface area contributed by atoms with Crippen molar-refractivity contribution >= 4 is 17.8 Å². The zero-order valence-electron chi connectivity index (χ0n) is 13.8. The number of carbonyl (C=O) groups is 3. The van der Waals surface area contributed by atoms with Crippen molar-refractivity contribution in [2.24, 2.45) is 0 Å². The minimum absolute atomic E-state index is 0.174. The predicted molar refractivity (Wildman–Crippen MR) is 82.3 cm³/mol. The highest BCUT2D eigenvalue weighted by atomic mass is 16.5. The number of aromatic amines is 1. The van der Waals surface area contributed by atoms with Gasteiger partial charge in [-0.15, -0.1) is 0 Å². The first-order chi connectivity index (χ1) is 10.9. The Bertz CT molecular complexity index is 631. The van der Waals surface area contributed by atoms with Gasteiger partial charge in [-0.1, -0.05) is 6.92 Å². The Kier molecular flexibility index (Phi) is 5.08. The summed E-state index contributed by atoms with van der Waals surface area (Å²) in [6, 6.07) is 0.202. The topological polar surface area (TPSA) is 97.5 Å². The van der Waals surface area contributed by atoms with Crippen LogP contribution in [-0.2, 0) is 20.7 Å². The lowest BCUT2D eigenvalue weighted by atomic mass is 10.1. The zero-order chi connectivity index (χ0) is 17.1. The third-order valence-corrected chi connectivity index (χ3v) is 3.85. The molecule has 7 nitrogen and oxygen atoms in total. The van der Waals surface area contributed by atoms with Gasteiger partial charge in [-0.25, -0.2) is 9.59 Å². The van der Waals surface area contributed by atoms with Crippen LogP contribution >= 0.6 is 0 Å². The number of rotatable bonds is 6. The minimum atomic E-state index is -0.891. The van der Waals surface area contributed by atoms with Gasteiger partial charge in [-0.05, 0) is 38.7 Å². The average Bonchev–Trinajstić information content (AvgIpc) is 3.27. The van der Waals surface area contributed by atoms with Gasteiger partial charge in [0.2, 0.25) is 0 Å². The molecule has 0 aliphatic heterocycles. The monoisotopic (exact) mass is 322 g/mol. The van der Waals surface area contributed by atoms with Crippen LogP contribution in [0, 0.1) is 6.92 Å². The van der Waals surface area contributed by atoms with Gasteiger partial charge in [-0.2, -0.15) is 0 Å². The van der Waals surface area contributed by atoms with Gasteiger partial charge in [0.1, 0.15) is 5.69 Å². The molecule has 1 heterocycles. The van der Waals surface area contributed by atoms with E-state index in [2.05, 4.69) is 10.3 Å². The summed E-state index contributed by atoms with van der Waals surface area (Å²) >= 11 is 0. The number of amides is 1. The van der Waals surface area contributed by atoms with Crippen molar-refractivity contribution in [2.75, 3.05) is 7.11 Å². The lowest BCUT2D eigenvalue weighted by Gasteiger charge is -2.13. The van der Waals surface area contributed by atoms with Gasteiger partial charge in [0.25, 0.3) is 5.91 Å². The van der Waals surface area contributed by atoms with E-state index in [1.54, 1.807) is 6.92 Å². The van der Waals surface area contributed by atoms with Crippen molar-refractivity contribution in [3.05, 3.63) is 22.5 Å². The molecule has 1 amide bonds. The summed E-state index contributed by atoms with van der Waals surface area (Å²) in [5.74, 6) is -1.48. The third-order valence-electron chi connectivity index (χ3n) is 3.85. The molecule has 1 atom stereocenters. The number of nitrogens with one attached hydrogen (secondary N) is 2. The van der Waals surface area contributed by atoms with Crippen LogP contribution in [0.15, 0.2) is 0 Å². The second-order valence-corrected chi connectivity index (χ2v) is 5.65. The number of H-pyrrole nitrogens is 1. The summed E-state index contributed by atoms with van der Waals surface area (Å²) in [5, 5.41) is 2.78. The largest absolute Gasteiger partial charge is 0.465 e. The highest BCUT2D eigenvalue weighted by molar-refractivity contribution is 5.99. The number of hydrogen-bond acceptors (Lipinski definition) is 5. The van der Waals surface area contributed by atoms with Crippen molar-refractivity contribution < 1.29 is 23.9 Å². The Labute approximate surface area is 134 Å². The molecule has 0 saturated heterocycles. The lowest BCUT2D eigenvalue weighted by molar-refractivity contribution is -0.129. The van der Waals surface area contributed by atoms with E-state index in [0.717, 1.165) is 12.8 Å². The molecule has 2 rings (SSSR count). The molecule has 1 aliphatic carbocycles. The quantitative estimate of drug-likeness (QED) is 0.774. The molecule has 1 aromatic rings. The zero-order valence-corrected chi connectivity index (χ0v) is 13.8. The van der Waals surface area contributed by atoms with Gasteiger partial charge in [0, 0.05) is 11.7 Å². The molecular formula is C16H22N2O5. The molecule has 7 heteroatoms. The molecule has 1 aromatic heterocycles. The van der Waals surface area contributed by atoms with Crippen molar-refractivity contribution in [1.82, 2.24) is 10.3 Å². The molecule has 1 saturated carbocycles. The number of aryl methyl sites for hydroxylation is 1. The lowest BCUT2D eigenvalue weighted by Crippen LogP contribution is -2.37. The Morgan fingerprint density at radius 1 is 1.30 bits per heavy atom. The summed E-state index contributed by atoms with van der Waals surface area (Å²) in [7, 11) is 1.29. The molecule has 0 bridgehead atoms. The summed E-state index contributed by atoms with van der Waals surface area (Å²) < 4.78 is 9.95. The molecule has 0 aromatic carbocycles. The highest BCUT2D eigenvalue weighted by Gasteiger charge is 2.29. The fourth-order valence-electron chi connectivity index (χ4n) is 2.33. The first-order valence-corrected chi connectivity index (χ1v) is 7.70. The normalized spacial score (nSPS) is 15.0. The Morgan fingerprint density at radius 3 is 2.48 bits per heavy atom. The SMILES string of the molecule is CCc1[nH]c(C(=O)OC(C)C(=O)NC2CC2)c(C)c1C(=O)OC. The Morgan fingerprint density at radius 2 is 1.96 bits per heavy atom. The van der Waals surface area contributed by atoms with E-state index >= 15 is 0 Å². The number of ether oxygens (including phenoxy) is 2. The summed E-state index contributed by atoms with van der Waals surface area (Å²) in [5.41, 5.74) is 1.59. The maximum Gasteiger partial charge on any atom is 0.355 e. The first kappa shape index (κ1) is 17.1. The van der Waals surface area contributed by atoms with E-state index in [1.807, 2.05) is 6.92 Å². The highest BCUT2D eigenvalue weighted by Crippen LogP contribution is 2.22. The Hall–Kier alpha value is -2.31. The van der Waals surface area contributed by atoms with E-state index in [0.29, 0.717) is 23.2 Å². The van der Waals surface area contributed by atoms with Crippen molar-refractivity contribution in [3.63, 3.8) is 0 Å². The van der Waals surface area contributed by atoms with Gasteiger partial charge in [0.15, 0.2) is 6.10 Å². The van der Waals surface area contributed by atoms with Gasteiger partial charge >= 0.3 is 11.9 Å². The van der Waals surface area contributed by atoms with Gasteiger partial charge in [-0.3, -0.25) is 4.79 Å². The fourth-order valence-corrected chi connectivity index (χ4v) is 2.33. The molecule has 0 spiro atoms. The average molecular weight is 322 g/mol. The molecule has 126 valence electrons. The molecule has 1 fully saturated rings. The van der Waals surface area contributed by atoms with E-state index in [1.165, 1.54) is 14.0 Å². The molecule has 1 unspecified atom stereocenters. The maximum absolute atomic E-state index is 12.3. The number of hydrogen-bond donors (Lipinski definition) is 2. The van der Waals surface area contributed by atoms with Crippen LogP contribution in [0.4, 0.5) is 0 Å². The molecular weight excluding hydrogens is 300 g/mol. The van der Waals surface area contributed by atoms with E-state index in [9.17, 15) is 14.4 Å². The molecule has 2 N–H and O–H groups in total. The van der Waals surface area contributed by atoms with E-state index in [-0.39, 0.29) is 17.6 Å². The number of methoxy groups -OCH3 is 1. The van der Waals surface area contributed by atoms with E-state index in [4.69, 9.17) is 9.47 Å². The predicted octanol–water partition coefficient (Wildman–Crippen LogP) is 1.50. The number of carbonyl (C=O) groups excluding carboxylic acids is 3. The molecule has 0 radical (unpaired) electrons. The molecule has 23 heavy (non-hydrogen) atoms. The molecule has 1 aliphatic rings. The van der Waals surface area contributed by atoms with Gasteiger partial charge < -0.3 is 19.8 Å². The Balaban J connectivity index is 2.13. The van der Waals surface area contributed by atoms with Crippen LogP contribution in [-0.4, -0.2) is 42.1 Å². The van der Waals surface area contributed by atoms with E-state index < -0.39 is 18.0 Å². The summed E-state index contributed by atoms with van der Waals surface area (Å²) in [4.78, 5) is 38.9. The standard InChI is InChI=1S/C16H22N2O5/c1-5-11-12(15(20)22-4)8(2)13(18-11)16(21)23-9(3)14(19)17-10-6-7-10/h9-10,18H,5-7H2,1-4H3,(H,17,19). The minimum Gasteiger partial charge on any atom is -0.465 e. The van der Waals surface area contributed by atoms with Crippen LogP contribution < -0.4 is 5.32 Å². The summed E-state index contributed by atoms with van der Waals surface area (Å²) in [6.07, 6.45) is 1.57.